The summed E-state index contributed by atoms with van der Waals surface area (Å²) in [7, 11) is 1.67. The molecule has 4 heteroatoms. The summed E-state index contributed by atoms with van der Waals surface area (Å²) < 4.78 is 11.1. The van der Waals surface area contributed by atoms with E-state index in [-0.39, 0.29) is 0 Å². The largest absolute Gasteiger partial charge is 0.497 e. The minimum absolute atomic E-state index is 0.445. The number of fused-ring (bicyclic) bond motifs is 1. The molecular weight excluding hydrogens is 264 g/mol. The average Bonchev–Trinajstić information content (AvgIpc) is 2.50. The fraction of sp³-hybridized carbons (Fsp3) is 0.412. The van der Waals surface area contributed by atoms with Gasteiger partial charge in [-0.1, -0.05) is 6.07 Å². The molecule has 0 unspecified atom stereocenters. The van der Waals surface area contributed by atoms with Gasteiger partial charge in [0.15, 0.2) is 0 Å². The molecule has 110 valence electrons. The van der Waals surface area contributed by atoms with Crippen LogP contribution in [0.2, 0.25) is 0 Å². The summed E-state index contributed by atoms with van der Waals surface area (Å²) in [6.07, 6.45) is 3.73. The third-order valence-corrected chi connectivity index (χ3v) is 3.91. The third kappa shape index (κ3) is 2.99. The second-order valence-corrected chi connectivity index (χ2v) is 5.60. The first kappa shape index (κ1) is 13.9. The monoisotopic (exact) mass is 284 g/mol. The first-order valence-corrected chi connectivity index (χ1v) is 7.24. The van der Waals surface area contributed by atoms with Crippen molar-refractivity contribution in [2.24, 2.45) is 5.92 Å². The standard InChI is InChI=1S/C17H20N2O2/c1-11-9-18-12(2)16(19-11)7-13-6-14-4-5-15(20-3)8-17(14)21-10-13/h4-5,8-9,13H,6-7,10H2,1-3H3/t13-/m0/s1. The summed E-state index contributed by atoms with van der Waals surface area (Å²) in [6.45, 7) is 4.72. The van der Waals surface area contributed by atoms with E-state index in [1.54, 1.807) is 7.11 Å². The molecule has 1 aliphatic heterocycles. The van der Waals surface area contributed by atoms with Gasteiger partial charge in [-0.15, -0.1) is 0 Å². The smallest absolute Gasteiger partial charge is 0.126 e. The van der Waals surface area contributed by atoms with Crippen molar-refractivity contribution in [1.82, 2.24) is 9.97 Å². The molecule has 2 aromatic rings. The van der Waals surface area contributed by atoms with E-state index in [4.69, 9.17) is 9.47 Å². The van der Waals surface area contributed by atoms with Crippen LogP contribution in [0, 0.1) is 19.8 Å². The van der Waals surface area contributed by atoms with Crippen LogP contribution >= 0.6 is 0 Å². The number of hydrogen-bond acceptors (Lipinski definition) is 4. The van der Waals surface area contributed by atoms with Crippen molar-refractivity contribution in [3.05, 3.63) is 47.0 Å². The van der Waals surface area contributed by atoms with Gasteiger partial charge in [0.2, 0.25) is 0 Å². The molecule has 21 heavy (non-hydrogen) atoms. The zero-order valence-electron chi connectivity index (χ0n) is 12.7. The number of ether oxygens (including phenoxy) is 2. The van der Waals surface area contributed by atoms with Crippen molar-refractivity contribution < 1.29 is 9.47 Å². The Morgan fingerprint density at radius 2 is 2.19 bits per heavy atom. The van der Waals surface area contributed by atoms with E-state index in [0.717, 1.165) is 48.0 Å². The van der Waals surface area contributed by atoms with Crippen LogP contribution in [0.5, 0.6) is 11.5 Å². The minimum atomic E-state index is 0.445. The number of hydrogen-bond donors (Lipinski definition) is 0. The molecular formula is C17H20N2O2. The van der Waals surface area contributed by atoms with Gasteiger partial charge in [0, 0.05) is 18.2 Å². The Labute approximate surface area is 125 Å². The highest BCUT2D eigenvalue weighted by Crippen LogP contribution is 2.32. The molecule has 0 spiro atoms. The number of nitrogens with zero attached hydrogens (tertiary/aromatic N) is 2. The quantitative estimate of drug-likeness (QED) is 0.869. The number of methoxy groups -OCH3 is 1. The second kappa shape index (κ2) is 5.72. The third-order valence-electron chi connectivity index (χ3n) is 3.91. The number of aromatic nitrogens is 2. The molecule has 3 rings (SSSR count). The Morgan fingerprint density at radius 3 is 3.00 bits per heavy atom. The topological polar surface area (TPSA) is 44.2 Å². The van der Waals surface area contributed by atoms with Crippen molar-refractivity contribution in [3.63, 3.8) is 0 Å². The fourth-order valence-electron chi connectivity index (χ4n) is 2.73. The molecule has 0 bridgehead atoms. The molecule has 4 nitrogen and oxygen atoms in total. The van der Waals surface area contributed by atoms with E-state index in [9.17, 15) is 0 Å². The molecule has 0 radical (unpaired) electrons. The molecule has 1 aromatic carbocycles. The molecule has 0 aliphatic carbocycles. The lowest BCUT2D eigenvalue weighted by molar-refractivity contribution is 0.219. The van der Waals surface area contributed by atoms with Gasteiger partial charge in [-0.3, -0.25) is 9.97 Å². The molecule has 2 heterocycles. The van der Waals surface area contributed by atoms with Gasteiger partial charge in [-0.05, 0) is 38.3 Å². The fourth-order valence-corrected chi connectivity index (χ4v) is 2.73. The lowest BCUT2D eigenvalue weighted by Crippen LogP contribution is -2.23. The van der Waals surface area contributed by atoms with Crippen LogP contribution in [0.4, 0.5) is 0 Å². The minimum Gasteiger partial charge on any atom is -0.497 e. The maximum atomic E-state index is 5.89. The van der Waals surface area contributed by atoms with Gasteiger partial charge in [-0.2, -0.15) is 0 Å². The first-order valence-electron chi connectivity index (χ1n) is 7.24. The van der Waals surface area contributed by atoms with E-state index >= 15 is 0 Å². The Balaban J connectivity index is 1.76. The molecule has 1 aromatic heterocycles. The van der Waals surface area contributed by atoms with Gasteiger partial charge in [0.25, 0.3) is 0 Å². The highest BCUT2D eigenvalue weighted by atomic mass is 16.5. The summed E-state index contributed by atoms with van der Waals surface area (Å²) >= 11 is 0. The molecule has 0 fully saturated rings. The normalized spacial score (nSPS) is 17.0. The van der Waals surface area contributed by atoms with E-state index in [1.807, 2.05) is 32.2 Å². The zero-order chi connectivity index (χ0) is 14.8. The molecule has 0 saturated carbocycles. The maximum Gasteiger partial charge on any atom is 0.126 e. The molecule has 0 N–H and O–H groups in total. The number of benzene rings is 1. The summed E-state index contributed by atoms with van der Waals surface area (Å²) in [4.78, 5) is 9.00. The van der Waals surface area contributed by atoms with Gasteiger partial charge >= 0.3 is 0 Å². The van der Waals surface area contributed by atoms with Crippen LogP contribution in [-0.2, 0) is 12.8 Å². The van der Waals surface area contributed by atoms with Crippen LogP contribution in [0.3, 0.4) is 0 Å². The van der Waals surface area contributed by atoms with Crippen molar-refractivity contribution in [1.29, 1.82) is 0 Å². The molecule has 1 aliphatic rings. The predicted octanol–water partition coefficient (Wildman–Crippen LogP) is 2.90. The van der Waals surface area contributed by atoms with Crippen molar-refractivity contribution in [3.8, 4) is 11.5 Å². The van der Waals surface area contributed by atoms with Gasteiger partial charge in [-0.25, -0.2) is 0 Å². The summed E-state index contributed by atoms with van der Waals surface area (Å²) in [5.74, 6) is 2.23. The van der Waals surface area contributed by atoms with Gasteiger partial charge in [0.1, 0.15) is 11.5 Å². The van der Waals surface area contributed by atoms with Gasteiger partial charge < -0.3 is 9.47 Å². The summed E-state index contributed by atoms with van der Waals surface area (Å²) in [5.41, 5.74) is 4.31. The lowest BCUT2D eigenvalue weighted by Gasteiger charge is -2.25. The average molecular weight is 284 g/mol. The van der Waals surface area contributed by atoms with Crippen LogP contribution < -0.4 is 9.47 Å². The maximum absolute atomic E-state index is 5.89. The van der Waals surface area contributed by atoms with E-state index in [2.05, 4.69) is 16.0 Å². The van der Waals surface area contributed by atoms with Crippen molar-refractivity contribution in [2.45, 2.75) is 26.7 Å². The number of rotatable bonds is 3. The van der Waals surface area contributed by atoms with Crippen molar-refractivity contribution >= 4 is 0 Å². The van der Waals surface area contributed by atoms with Crippen LogP contribution in [0.25, 0.3) is 0 Å². The van der Waals surface area contributed by atoms with Crippen molar-refractivity contribution in [2.75, 3.05) is 13.7 Å². The van der Waals surface area contributed by atoms with E-state index < -0.39 is 0 Å². The lowest BCUT2D eigenvalue weighted by atomic mass is 9.92. The Hall–Kier alpha value is -2.10. The van der Waals surface area contributed by atoms with E-state index in [0.29, 0.717) is 5.92 Å². The molecule has 0 saturated heterocycles. The molecule has 1 atom stereocenters. The van der Waals surface area contributed by atoms with E-state index in [1.165, 1.54) is 5.56 Å². The first-order chi connectivity index (χ1) is 10.2. The SMILES string of the molecule is COc1ccc2c(c1)OC[C@H](Cc1nc(C)cnc1C)C2. The summed E-state index contributed by atoms with van der Waals surface area (Å²) in [5, 5.41) is 0. The van der Waals surface area contributed by atoms with Crippen LogP contribution in [0.15, 0.2) is 24.4 Å². The predicted molar refractivity (Wildman–Crippen MR) is 80.9 cm³/mol. The highest BCUT2D eigenvalue weighted by Gasteiger charge is 2.22. The second-order valence-electron chi connectivity index (χ2n) is 5.60. The zero-order valence-corrected chi connectivity index (χ0v) is 12.7. The Kier molecular flexibility index (Phi) is 3.78. The Morgan fingerprint density at radius 1 is 1.33 bits per heavy atom. The Bertz CT molecular complexity index is 655. The van der Waals surface area contributed by atoms with Crippen LogP contribution in [0.1, 0.15) is 22.6 Å². The van der Waals surface area contributed by atoms with Gasteiger partial charge in [0.05, 0.1) is 30.8 Å². The summed E-state index contributed by atoms with van der Waals surface area (Å²) in [6, 6.07) is 6.04. The molecule has 0 amide bonds. The van der Waals surface area contributed by atoms with Crippen LogP contribution in [-0.4, -0.2) is 23.7 Å². The highest BCUT2D eigenvalue weighted by molar-refractivity contribution is 5.42. The number of aryl methyl sites for hydroxylation is 2.